The lowest BCUT2D eigenvalue weighted by atomic mass is 9.95. The number of carbonyl (C=O) groups is 2. The Kier molecular flexibility index (Phi) is 6.48. The number of carbonyl (C=O) groups excluding carboxylic acids is 2. The van der Waals surface area contributed by atoms with E-state index in [1.54, 1.807) is 13.0 Å². The van der Waals surface area contributed by atoms with E-state index < -0.39 is 23.0 Å². The molecule has 2 N–H and O–H groups in total. The Hall–Kier alpha value is -3.16. The summed E-state index contributed by atoms with van der Waals surface area (Å²) >= 11 is 0. The maximum absolute atomic E-state index is 12.5. The van der Waals surface area contributed by atoms with E-state index in [1.165, 1.54) is 24.3 Å². The van der Waals surface area contributed by atoms with E-state index in [1.807, 2.05) is 6.08 Å². The Balaban J connectivity index is 2.22. The molecule has 0 saturated carbocycles. The van der Waals surface area contributed by atoms with Gasteiger partial charge in [-0.2, -0.15) is 0 Å². The largest absolute Gasteiger partial charge is 0.458 e. The molecule has 2 rings (SSSR count). The van der Waals surface area contributed by atoms with Crippen molar-refractivity contribution in [2.45, 2.75) is 32.7 Å². The first-order valence-corrected chi connectivity index (χ1v) is 8.28. The van der Waals surface area contributed by atoms with Crippen molar-refractivity contribution in [3.8, 4) is 0 Å². The number of nitrogens with zero attached hydrogens (tertiary/aromatic N) is 1. The monoisotopic (exact) mass is 359 g/mol. The zero-order chi connectivity index (χ0) is 19.1. The number of nitro benzene ring substituents is 1. The summed E-state index contributed by atoms with van der Waals surface area (Å²) in [6, 6.07) is 4.48. The molecule has 8 heteroatoms. The molecular weight excluding hydrogens is 338 g/mol. The van der Waals surface area contributed by atoms with Gasteiger partial charge in [0.25, 0.3) is 5.69 Å². The number of nitrogens with one attached hydrogen (secondary N) is 2. The fourth-order valence-corrected chi connectivity index (χ4v) is 2.56. The van der Waals surface area contributed by atoms with Crippen LogP contribution in [-0.2, 0) is 9.53 Å². The number of non-ortho nitro benzene ring substituents is 1. The van der Waals surface area contributed by atoms with Crippen LogP contribution in [0.5, 0.6) is 0 Å². The van der Waals surface area contributed by atoms with Crippen molar-refractivity contribution in [2.75, 3.05) is 6.61 Å². The van der Waals surface area contributed by atoms with Gasteiger partial charge in [-0.15, -0.1) is 0 Å². The summed E-state index contributed by atoms with van der Waals surface area (Å²) in [7, 11) is 0. The molecule has 1 aromatic carbocycles. The Morgan fingerprint density at radius 2 is 2.00 bits per heavy atom. The molecule has 1 aromatic rings. The van der Waals surface area contributed by atoms with Crippen LogP contribution in [0.3, 0.4) is 0 Å². The fraction of sp³-hybridized carbons (Fsp3) is 0.333. The quantitative estimate of drug-likeness (QED) is 0.336. The molecule has 0 aliphatic carbocycles. The molecule has 0 fully saturated rings. The molecular formula is C18H21N3O5. The van der Waals surface area contributed by atoms with Crippen LogP contribution in [0, 0.1) is 10.1 Å². The summed E-state index contributed by atoms with van der Waals surface area (Å²) in [4.78, 5) is 34.6. The van der Waals surface area contributed by atoms with Gasteiger partial charge in [0.2, 0.25) is 0 Å². The predicted molar refractivity (Wildman–Crippen MR) is 95.2 cm³/mol. The Morgan fingerprint density at radius 3 is 2.62 bits per heavy atom. The summed E-state index contributed by atoms with van der Waals surface area (Å²) in [5.41, 5.74) is 1.14. The van der Waals surface area contributed by atoms with Crippen molar-refractivity contribution >= 4 is 17.7 Å². The summed E-state index contributed by atoms with van der Waals surface area (Å²) < 4.78 is 5.26. The van der Waals surface area contributed by atoms with Crippen molar-refractivity contribution in [3.63, 3.8) is 0 Å². The lowest BCUT2D eigenvalue weighted by Crippen LogP contribution is -2.45. The van der Waals surface area contributed by atoms with Gasteiger partial charge in [0, 0.05) is 17.8 Å². The second-order valence-electron chi connectivity index (χ2n) is 5.78. The number of hydrogen-bond acceptors (Lipinski definition) is 5. The van der Waals surface area contributed by atoms with Gasteiger partial charge in [0.05, 0.1) is 16.5 Å². The number of ether oxygens (including phenoxy) is 1. The molecule has 0 spiro atoms. The second-order valence-corrected chi connectivity index (χ2v) is 5.78. The van der Waals surface area contributed by atoms with Crippen LogP contribution in [0.4, 0.5) is 10.5 Å². The molecule has 26 heavy (non-hydrogen) atoms. The summed E-state index contributed by atoms with van der Waals surface area (Å²) in [6.45, 7) is 3.80. The fourth-order valence-electron chi connectivity index (χ4n) is 2.56. The first-order chi connectivity index (χ1) is 12.4. The first kappa shape index (κ1) is 19.2. The highest BCUT2D eigenvalue weighted by atomic mass is 16.6. The van der Waals surface area contributed by atoms with Crippen LogP contribution in [0.25, 0.3) is 0 Å². The van der Waals surface area contributed by atoms with Gasteiger partial charge in [-0.3, -0.25) is 10.1 Å². The standard InChI is InChI=1S/C18H21N3O5/c1-3-4-5-6-11-26-17(22)15-12(2)19-18(23)20-16(15)13-7-9-14(10-8-13)21(24)25/h5-10,16H,3-4,11H2,1-2H3,(H2,19,20,23)/b6-5+. The predicted octanol–water partition coefficient (Wildman–Crippen LogP) is 3.12. The van der Waals surface area contributed by atoms with E-state index in [0.717, 1.165) is 12.8 Å². The number of urea groups is 1. The average molecular weight is 359 g/mol. The maximum Gasteiger partial charge on any atom is 0.338 e. The number of nitro groups is 1. The number of unbranched alkanes of at least 4 members (excludes halogenated alkanes) is 1. The van der Waals surface area contributed by atoms with Gasteiger partial charge < -0.3 is 15.4 Å². The smallest absolute Gasteiger partial charge is 0.338 e. The van der Waals surface area contributed by atoms with E-state index >= 15 is 0 Å². The molecule has 0 aromatic heterocycles. The van der Waals surface area contributed by atoms with E-state index in [-0.39, 0.29) is 17.9 Å². The number of esters is 1. The maximum atomic E-state index is 12.5. The zero-order valence-electron chi connectivity index (χ0n) is 14.7. The van der Waals surface area contributed by atoms with Gasteiger partial charge in [-0.1, -0.05) is 25.5 Å². The second kappa shape index (κ2) is 8.80. The van der Waals surface area contributed by atoms with E-state index in [4.69, 9.17) is 4.74 Å². The minimum atomic E-state index is -0.739. The van der Waals surface area contributed by atoms with Gasteiger partial charge in [-0.25, -0.2) is 9.59 Å². The normalized spacial score (nSPS) is 17.0. The molecule has 0 saturated heterocycles. The number of benzene rings is 1. The molecule has 1 aliphatic rings. The van der Waals surface area contributed by atoms with Gasteiger partial charge in [-0.05, 0) is 31.0 Å². The SMILES string of the molecule is CCC/C=C/COC(=O)C1=C(C)NC(=O)NC1c1ccc([N+](=O)[O-])cc1. The van der Waals surface area contributed by atoms with Crippen molar-refractivity contribution in [1.82, 2.24) is 10.6 Å². The number of amides is 2. The summed E-state index contributed by atoms with van der Waals surface area (Å²) in [5.74, 6) is -0.556. The summed E-state index contributed by atoms with van der Waals surface area (Å²) in [5, 5.41) is 16.0. The van der Waals surface area contributed by atoms with Crippen molar-refractivity contribution in [3.05, 3.63) is 63.4 Å². The molecule has 138 valence electrons. The third-order valence-corrected chi connectivity index (χ3v) is 3.86. The number of allylic oxidation sites excluding steroid dienone is 2. The molecule has 1 unspecified atom stereocenters. The lowest BCUT2D eigenvalue weighted by molar-refractivity contribution is -0.384. The molecule has 0 radical (unpaired) electrons. The van der Waals surface area contributed by atoms with E-state index in [2.05, 4.69) is 17.6 Å². The minimum absolute atomic E-state index is 0.0695. The highest BCUT2D eigenvalue weighted by Crippen LogP contribution is 2.28. The topological polar surface area (TPSA) is 111 Å². The van der Waals surface area contributed by atoms with Crippen LogP contribution in [0.1, 0.15) is 38.3 Å². The van der Waals surface area contributed by atoms with Crippen LogP contribution in [-0.4, -0.2) is 23.5 Å². The van der Waals surface area contributed by atoms with Crippen molar-refractivity contribution < 1.29 is 19.2 Å². The molecule has 1 heterocycles. The van der Waals surface area contributed by atoms with Gasteiger partial charge >= 0.3 is 12.0 Å². The Morgan fingerprint density at radius 1 is 1.31 bits per heavy atom. The van der Waals surface area contributed by atoms with Crippen LogP contribution >= 0.6 is 0 Å². The van der Waals surface area contributed by atoms with Gasteiger partial charge in [0.1, 0.15) is 6.61 Å². The Bertz CT molecular complexity index is 753. The van der Waals surface area contributed by atoms with Crippen molar-refractivity contribution in [1.29, 1.82) is 0 Å². The highest BCUT2D eigenvalue weighted by molar-refractivity contribution is 5.95. The van der Waals surface area contributed by atoms with Gasteiger partial charge in [0.15, 0.2) is 0 Å². The zero-order valence-corrected chi connectivity index (χ0v) is 14.7. The number of rotatable bonds is 7. The summed E-state index contributed by atoms with van der Waals surface area (Å²) in [6.07, 6.45) is 5.62. The van der Waals surface area contributed by atoms with Crippen LogP contribution in [0.15, 0.2) is 47.7 Å². The molecule has 2 amide bonds. The Labute approximate surface area is 151 Å². The number of hydrogen-bond donors (Lipinski definition) is 2. The molecule has 0 bridgehead atoms. The lowest BCUT2D eigenvalue weighted by Gasteiger charge is -2.28. The third kappa shape index (κ3) is 4.69. The third-order valence-electron chi connectivity index (χ3n) is 3.86. The minimum Gasteiger partial charge on any atom is -0.458 e. The highest BCUT2D eigenvalue weighted by Gasteiger charge is 2.32. The van der Waals surface area contributed by atoms with Crippen LogP contribution < -0.4 is 10.6 Å². The molecule has 1 aliphatic heterocycles. The molecule has 8 nitrogen and oxygen atoms in total. The average Bonchev–Trinajstić information content (AvgIpc) is 2.60. The molecule has 1 atom stereocenters. The van der Waals surface area contributed by atoms with Crippen LogP contribution in [0.2, 0.25) is 0 Å². The van der Waals surface area contributed by atoms with E-state index in [0.29, 0.717) is 11.3 Å². The van der Waals surface area contributed by atoms with E-state index in [9.17, 15) is 19.7 Å². The first-order valence-electron chi connectivity index (χ1n) is 8.28. The van der Waals surface area contributed by atoms with Crippen molar-refractivity contribution in [2.24, 2.45) is 0 Å².